The van der Waals surface area contributed by atoms with Gasteiger partial charge in [-0.05, 0) is 54.3 Å². The van der Waals surface area contributed by atoms with Gasteiger partial charge in [0.15, 0.2) is 6.35 Å². The van der Waals surface area contributed by atoms with Crippen LogP contribution in [0.5, 0.6) is 0 Å². The van der Waals surface area contributed by atoms with Gasteiger partial charge < -0.3 is 15.4 Å². The van der Waals surface area contributed by atoms with E-state index in [2.05, 4.69) is 4.90 Å². The van der Waals surface area contributed by atoms with E-state index in [1.807, 2.05) is 24.3 Å². The number of nitrogens with two attached hydrogens (primary N) is 2. The highest BCUT2D eigenvalue weighted by Gasteiger charge is 2.35. The minimum Gasteiger partial charge on any atom is -0.399 e. The van der Waals surface area contributed by atoms with Gasteiger partial charge >= 0.3 is 0 Å². The lowest BCUT2D eigenvalue weighted by Gasteiger charge is -2.41. The van der Waals surface area contributed by atoms with Crippen molar-refractivity contribution in [2.75, 3.05) is 10.6 Å². The third-order valence-electron chi connectivity index (χ3n) is 4.55. The van der Waals surface area contributed by atoms with E-state index in [0.29, 0.717) is 12.3 Å². The molecular weight excluding hydrogens is 281 g/mol. The van der Waals surface area contributed by atoms with Crippen molar-refractivity contribution in [2.45, 2.75) is 31.8 Å². The molecule has 2 atom stereocenters. The Kier molecular flexibility index (Phi) is 3.06. The number of aryl methyl sites for hydroxylation is 1. The van der Waals surface area contributed by atoms with Crippen molar-refractivity contribution in [3.8, 4) is 0 Å². The van der Waals surface area contributed by atoms with Gasteiger partial charge in [-0.25, -0.2) is 4.39 Å². The highest BCUT2D eigenvalue weighted by molar-refractivity contribution is 5.62. The average Bonchev–Trinajstić information content (AvgIpc) is 2.90. The molecule has 0 spiro atoms. The summed E-state index contributed by atoms with van der Waals surface area (Å²) in [6, 6.07) is 10.9. The van der Waals surface area contributed by atoms with Crippen LogP contribution in [-0.2, 0) is 17.8 Å². The zero-order valence-corrected chi connectivity index (χ0v) is 12.1. The van der Waals surface area contributed by atoms with Gasteiger partial charge in [-0.3, -0.25) is 5.73 Å². The van der Waals surface area contributed by atoms with E-state index in [1.54, 1.807) is 6.07 Å². The fourth-order valence-electron chi connectivity index (χ4n) is 3.56. The Morgan fingerprint density at radius 2 is 2.00 bits per heavy atom. The number of halogens is 1. The Bertz CT molecular complexity index is 734. The molecular formula is C17H18FN3O. The smallest absolute Gasteiger partial charge is 0.185 e. The number of anilines is 2. The number of hydrogen-bond acceptors (Lipinski definition) is 4. The van der Waals surface area contributed by atoms with Crippen LogP contribution in [0.25, 0.3) is 0 Å². The molecule has 0 radical (unpaired) electrons. The summed E-state index contributed by atoms with van der Waals surface area (Å²) in [6.07, 6.45) is 1.25. The van der Waals surface area contributed by atoms with Crippen LogP contribution in [0.4, 0.5) is 15.8 Å². The Labute approximate surface area is 128 Å². The lowest BCUT2D eigenvalue weighted by molar-refractivity contribution is 0.0261. The summed E-state index contributed by atoms with van der Waals surface area (Å²) < 4.78 is 19.1. The van der Waals surface area contributed by atoms with Crippen LogP contribution >= 0.6 is 0 Å². The molecule has 2 aromatic carbocycles. The van der Waals surface area contributed by atoms with E-state index in [4.69, 9.17) is 16.2 Å². The lowest BCUT2D eigenvalue weighted by Crippen LogP contribution is -2.48. The Hall–Kier alpha value is -2.11. The quantitative estimate of drug-likeness (QED) is 0.795. The maximum atomic E-state index is 13.4. The maximum absolute atomic E-state index is 13.4. The molecule has 2 unspecified atom stereocenters. The highest BCUT2D eigenvalue weighted by Crippen LogP contribution is 2.42. The largest absolute Gasteiger partial charge is 0.399 e. The minimum atomic E-state index is -0.503. The number of nitrogens with zero attached hydrogens (tertiary/aromatic N) is 1. The van der Waals surface area contributed by atoms with Gasteiger partial charge in [0, 0.05) is 16.9 Å². The average molecular weight is 299 g/mol. The third-order valence-corrected chi connectivity index (χ3v) is 4.55. The molecule has 2 aliphatic rings. The second-order valence-corrected chi connectivity index (χ2v) is 5.89. The van der Waals surface area contributed by atoms with E-state index >= 15 is 0 Å². The van der Waals surface area contributed by atoms with Gasteiger partial charge in [0.1, 0.15) is 5.82 Å². The first-order valence-corrected chi connectivity index (χ1v) is 7.46. The summed E-state index contributed by atoms with van der Waals surface area (Å²) in [5.41, 5.74) is 17.0. The first kappa shape index (κ1) is 13.5. The van der Waals surface area contributed by atoms with Crippen LogP contribution in [0.2, 0.25) is 0 Å². The van der Waals surface area contributed by atoms with Crippen LogP contribution in [0.3, 0.4) is 0 Å². The zero-order chi connectivity index (χ0) is 15.3. The van der Waals surface area contributed by atoms with Crippen molar-refractivity contribution in [1.82, 2.24) is 0 Å². The van der Waals surface area contributed by atoms with Crippen molar-refractivity contribution < 1.29 is 9.13 Å². The predicted molar refractivity (Wildman–Crippen MR) is 83.6 cm³/mol. The number of nitrogen functional groups attached to an aromatic ring is 1. The van der Waals surface area contributed by atoms with E-state index in [0.717, 1.165) is 35.2 Å². The number of hydrogen-bond donors (Lipinski definition) is 2. The molecule has 0 aromatic heterocycles. The molecule has 0 fully saturated rings. The van der Waals surface area contributed by atoms with Crippen LogP contribution in [0.15, 0.2) is 36.4 Å². The van der Waals surface area contributed by atoms with Gasteiger partial charge in [-0.2, -0.15) is 0 Å². The van der Waals surface area contributed by atoms with Crippen molar-refractivity contribution in [3.63, 3.8) is 0 Å². The molecule has 2 aromatic rings. The van der Waals surface area contributed by atoms with Crippen molar-refractivity contribution in [3.05, 3.63) is 58.9 Å². The Balaban J connectivity index is 1.78. The van der Waals surface area contributed by atoms with Gasteiger partial charge in [0.05, 0.1) is 12.6 Å². The second-order valence-electron chi connectivity index (χ2n) is 5.89. The Morgan fingerprint density at radius 1 is 1.14 bits per heavy atom. The minimum absolute atomic E-state index is 0.105. The van der Waals surface area contributed by atoms with E-state index in [9.17, 15) is 4.39 Å². The molecule has 114 valence electrons. The number of fused-ring (bicyclic) bond motifs is 2. The maximum Gasteiger partial charge on any atom is 0.185 e. The van der Waals surface area contributed by atoms with E-state index in [1.165, 1.54) is 6.07 Å². The summed E-state index contributed by atoms with van der Waals surface area (Å²) in [6.45, 7) is 0.459. The third kappa shape index (κ3) is 2.05. The number of ether oxygens (including phenoxy) is 1. The SMILES string of the molecule is Nc1ccc2c(c1)COC(N)N2C1CCc2cc(F)ccc21. The lowest BCUT2D eigenvalue weighted by atomic mass is 10.0. The molecule has 4 nitrogen and oxygen atoms in total. The molecule has 0 saturated heterocycles. The molecule has 4 N–H and O–H groups in total. The van der Waals surface area contributed by atoms with Gasteiger partial charge in [-0.1, -0.05) is 6.07 Å². The molecule has 1 heterocycles. The first-order chi connectivity index (χ1) is 10.6. The zero-order valence-electron chi connectivity index (χ0n) is 12.1. The molecule has 0 bridgehead atoms. The standard InChI is InChI=1S/C17H18FN3O/c18-12-2-4-14-10(7-12)1-5-16(14)21-15-6-3-13(19)8-11(15)9-22-17(21)20/h2-4,6-8,16-17H,1,5,9,19-20H2. The summed E-state index contributed by atoms with van der Waals surface area (Å²) >= 11 is 0. The molecule has 0 saturated carbocycles. The van der Waals surface area contributed by atoms with E-state index < -0.39 is 6.35 Å². The summed E-state index contributed by atoms with van der Waals surface area (Å²) in [7, 11) is 0. The summed E-state index contributed by atoms with van der Waals surface area (Å²) in [5.74, 6) is -0.188. The molecule has 4 rings (SSSR count). The van der Waals surface area contributed by atoms with Crippen molar-refractivity contribution in [1.29, 1.82) is 0 Å². The van der Waals surface area contributed by atoms with E-state index in [-0.39, 0.29) is 11.9 Å². The van der Waals surface area contributed by atoms with Gasteiger partial charge in [-0.15, -0.1) is 0 Å². The van der Waals surface area contributed by atoms with Gasteiger partial charge in [0.25, 0.3) is 0 Å². The van der Waals surface area contributed by atoms with Crippen molar-refractivity contribution >= 4 is 11.4 Å². The first-order valence-electron chi connectivity index (χ1n) is 7.46. The van der Waals surface area contributed by atoms with Gasteiger partial charge in [0.2, 0.25) is 0 Å². The summed E-state index contributed by atoms with van der Waals surface area (Å²) in [4.78, 5) is 2.09. The molecule has 1 aliphatic heterocycles. The molecule has 1 aliphatic carbocycles. The number of rotatable bonds is 1. The van der Waals surface area contributed by atoms with Crippen LogP contribution in [0, 0.1) is 5.82 Å². The number of benzene rings is 2. The Morgan fingerprint density at radius 3 is 2.86 bits per heavy atom. The predicted octanol–water partition coefficient (Wildman–Crippen LogP) is 2.67. The second kappa shape index (κ2) is 4.97. The van der Waals surface area contributed by atoms with Crippen LogP contribution in [-0.4, -0.2) is 6.35 Å². The summed E-state index contributed by atoms with van der Waals surface area (Å²) in [5, 5.41) is 0. The molecule has 22 heavy (non-hydrogen) atoms. The molecule has 0 amide bonds. The topological polar surface area (TPSA) is 64.5 Å². The fourth-order valence-corrected chi connectivity index (χ4v) is 3.56. The van der Waals surface area contributed by atoms with Crippen LogP contribution in [0.1, 0.15) is 29.2 Å². The normalized spacial score (nSPS) is 23.3. The molecule has 5 heteroatoms. The van der Waals surface area contributed by atoms with Crippen LogP contribution < -0.4 is 16.4 Å². The monoisotopic (exact) mass is 299 g/mol. The van der Waals surface area contributed by atoms with Crippen molar-refractivity contribution in [2.24, 2.45) is 5.73 Å². The highest BCUT2D eigenvalue weighted by atomic mass is 19.1. The fraction of sp³-hybridized carbons (Fsp3) is 0.294.